The number of carbonyl (C=O) groups excluding carboxylic acids is 1. The summed E-state index contributed by atoms with van der Waals surface area (Å²) in [6.45, 7) is 4.04. The van der Waals surface area contributed by atoms with E-state index in [1.807, 2.05) is 6.92 Å². The van der Waals surface area contributed by atoms with Crippen molar-refractivity contribution in [3.8, 4) is 0 Å². The molecule has 0 aromatic carbocycles. The van der Waals surface area contributed by atoms with Crippen LogP contribution in [0.5, 0.6) is 0 Å². The van der Waals surface area contributed by atoms with E-state index in [2.05, 4.69) is 17.5 Å². The highest BCUT2D eigenvalue weighted by Gasteiger charge is 2.39. The molecular weight excluding hydrogens is 202 g/mol. The molecule has 0 saturated heterocycles. The highest BCUT2D eigenvalue weighted by atomic mass is 16.3. The molecule has 1 fully saturated rings. The minimum atomic E-state index is -0.775. The molecule has 3 heteroatoms. The SMILES string of the molecule is CCC(C)(O)CNC(=O)C1CC2C=CC1C2. The van der Waals surface area contributed by atoms with Gasteiger partial charge in [0, 0.05) is 12.5 Å². The zero-order chi connectivity index (χ0) is 11.8. The molecule has 0 aromatic rings. The van der Waals surface area contributed by atoms with Gasteiger partial charge in [0.15, 0.2) is 0 Å². The molecule has 2 bridgehead atoms. The molecule has 3 nitrogen and oxygen atoms in total. The summed E-state index contributed by atoms with van der Waals surface area (Å²) in [7, 11) is 0. The summed E-state index contributed by atoms with van der Waals surface area (Å²) in [6, 6.07) is 0. The fourth-order valence-corrected chi connectivity index (χ4v) is 2.62. The lowest BCUT2D eigenvalue weighted by Crippen LogP contribution is -2.43. The number of carbonyl (C=O) groups is 1. The number of rotatable bonds is 4. The fraction of sp³-hybridized carbons (Fsp3) is 0.769. The normalized spacial score (nSPS) is 35.1. The van der Waals surface area contributed by atoms with E-state index in [4.69, 9.17) is 0 Å². The molecule has 0 aliphatic heterocycles. The average molecular weight is 223 g/mol. The summed E-state index contributed by atoms with van der Waals surface area (Å²) in [6.07, 6.45) is 7.19. The molecule has 1 amide bonds. The van der Waals surface area contributed by atoms with Crippen molar-refractivity contribution in [2.75, 3.05) is 6.54 Å². The fourth-order valence-electron chi connectivity index (χ4n) is 2.62. The van der Waals surface area contributed by atoms with Crippen molar-refractivity contribution in [3.63, 3.8) is 0 Å². The summed E-state index contributed by atoms with van der Waals surface area (Å²) >= 11 is 0. The largest absolute Gasteiger partial charge is 0.388 e. The van der Waals surface area contributed by atoms with Crippen molar-refractivity contribution in [1.29, 1.82) is 0 Å². The van der Waals surface area contributed by atoms with Gasteiger partial charge in [-0.15, -0.1) is 0 Å². The van der Waals surface area contributed by atoms with Crippen LogP contribution < -0.4 is 5.32 Å². The third kappa shape index (κ3) is 2.29. The lowest BCUT2D eigenvalue weighted by Gasteiger charge is -2.24. The highest BCUT2D eigenvalue weighted by Crippen LogP contribution is 2.43. The van der Waals surface area contributed by atoms with Gasteiger partial charge in [0.1, 0.15) is 0 Å². The van der Waals surface area contributed by atoms with E-state index < -0.39 is 5.60 Å². The van der Waals surface area contributed by atoms with Crippen molar-refractivity contribution in [1.82, 2.24) is 5.32 Å². The summed E-state index contributed by atoms with van der Waals surface area (Å²) in [4.78, 5) is 11.9. The van der Waals surface area contributed by atoms with E-state index in [0.29, 0.717) is 24.8 Å². The molecular formula is C13H21NO2. The van der Waals surface area contributed by atoms with Crippen LogP contribution in [0.4, 0.5) is 0 Å². The number of nitrogens with one attached hydrogen (secondary N) is 1. The second kappa shape index (κ2) is 4.21. The molecule has 0 aromatic heterocycles. The second-order valence-electron chi connectivity index (χ2n) is 5.46. The molecule has 4 unspecified atom stereocenters. The van der Waals surface area contributed by atoms with Gasteiger partial charge in [0.2, 0.25) is 5.91 Å². The molecule has 2 aliphatic rings. The first-order chi connectivity index (χ1) is 7.52. The summed E-state index contributed by atoms with van der Waals surface area (Å²) in [5.41, 5.74) is -0.775. The average Bonchev–Trinajstić information content (AvgIpc) is 2.87. The number of hydrogen-bond acceptors (Lipinski definition) is 2. The predicted molar refractivity (Wildman–Crippen MR) is 62.8 cm³/mol. The molecule has 16 heavy (non-hydrogen) atoms. The van der Waals surface area contributed by atoms with Crippen molar-refractivity contribution in [2.45, 2.75) is 38.7 Å². The van der Waals surface area contributed by atoms with Crippen LogP contribution in [0.1, 0.15) is 33.1 Å². The third-order valence-corrected chi connectivity index (χ3v) is 4.02. The van der Waals surface area contributed by atoms with Crippen LogP contribution in [-0.4, -0.2) is 23.2 Å². The third-order valence-electron chi connectivity index (χ3n) is 4.02. The molecule has 2 rings (SSSR count). The molecule has 0 spiro atoms. The predicted octanol–water partition coefficient (Wildman–Crippen LogP) is 1.48. The van der Waals surface area contributed by atoms with Gasteiger partial charge in [-0.3, -0.25) is 4.79 Å². The number of fused-ring (bicyclic) bond motifs is 2. The Kier molecular flexibility index (Phi) is 3.06. The van der Waals surface area contributed by atoms with Crippen LogP contribution in [0.25, 0.3) is 0 Å². The van der Waals surface area contributed by atoms with E-state index >= 15 is 0 Å². The van der Waals surface area contributed by atoms with Crippen LogP contribution in [0, 0.1) is 17.8 Å². The Morgan fingerprint density at radius 1 is 1.50 bits per heavy atom. The zero-order valence-electron chi connectivity index (χ0n) is 10.1. The summed E-state index contributed by atoms with van der Waals surface area (Å²) in [5.74, 6) is 1.32. The number of allylic oxidation sites excluding steroid dienone is 2. The molecule has 4 atom stereocenters. The van der Waals surface area contributed by atoms with Gasteiger partial charge in [-0.25, -0.2) is 0 Å². The number of aliphatic hydroxyl groups is 1. The number of hydrogen-bond donors (Lipinski definition) is 2. The quantitative estimate of drug-likeness (QED) is 0.709. The Bertz CT molecular complexity index is 309. The van der Waals surface area contributed by atoms with E-state index in [0.717, 1.165) is 12.8 Å². The van der Waals surface area contributed by atoms with E-state index in [1.165, 1.54) is 0 Å². The van der Waals surface area contributed by atoms with Crippen LogP contribution >= 0.6 is 0 Å². The maximum Gasteiger partial charge on any atom is 0.223 e. The molecule has 2 N–H and O–H groups in total. The Balaban J connectivity index is 1.83. The summed E-state index contributed by atoms with van der Waals surface area (Å²) in [5, 5.41) is 12.7. The zero-order valence-corrected chi connectivity index (χ0v) is 10.1. The van der Waals surface area contributed by atoms with Gasteiger partial charge in [0.25, 0.3) is 0 Å². The number of amides is 1. The lowest BCUT2D eigenvalue weighted by molar-refractivity contribution is -0.126. The molecule has 90 valence electrons. The highest BCUT2D eigenvalue weighted by molar-refractivity contribution is 5.80. The Hall–Kier alpha value is -0.830. The monoisotopic (exact) mass is 223 g/mol. The van der Waals surface area contributed by atoms with Crippen molar-refractivity contribution < 1.29 is 9.90 Å². The molecule has 0 radical (unpaired) electrons. The minimum Gasteiger partial charge on any atom is -0.388 e. The van der Waals surface area contributed by atoms with Gasteiger partial charge in [-0.1, -0.05) is 19.1 Å². The second-order valence-corrected chi connectivity index (χ2v) is 5.46. The molecule has 2 aliphatic carbocycles. The van der Waals surface area contributed by atoms with Gasteiger partial charge in [-0.2, -0.15) is 0 Å². The Morgan fingerprint density at radius 2 is 2.25 bits per heavy atom. The lowest BCUT2D eigenvalue weighted by atomic mass is 9.92. The van der Waals surface area contributed by atoms with E-state index in [1.54, 1.807) is 6.92 Å². The van der Waals surface area contributed by atoms with Crippen LogP contribution in [0.3, 0.4) is 0 Å². The smallest absolute Gasteiger partial charge is 0.223 e. The van der Waals surface area contributed by atoms with Crippen LogP contribution in [0.2, 0.25) is 0 Å². The Labute approximate surface area is 96.9 Å². The van der Waals surface area contributed by atoms with Gasteiger partial charge < -0.3 is 10.4 Å². The first-order valence-electron chi connectivity index (χ1n) is 6.20. The Morgan fingerprint density at radius 3 is 2.75 bits per heavy atom. The topological polar surface area (TPSA) is 49.3 Å². The summed E-state index contributed by atoms with van der Waals surface area (Å²) < 4.78 is 0. The first-order valence-corrected chi connectivity index (χ1v) is 6.20. The van der Waals surface area contributed by atoms with E-state index in [9.17, 15) is 9.90 Å². The first kappa shape index (κ1) is 11.6. The van der Waals surface area contributed by atoms with Gasteiger partial charge in [0.05, 0.1) is 5.60 Å². The van der Waals surface area contributed by atoms with Crippen molar-refractivity contribution in [2.24, 2.45) is 17.8 Å². The van der Waals surface area contributed by atoms with Crippen LogP contribution in [-0.2, 0) is 4.79 Å². The molecule has 1 saturated carbocycles. The maximum absolute atomic E-state index is 11.9. The standard InChI is InChI=1S/C13H21NO2/c1-3-13(2,16)8-14-12(15)11-7-9-4-5-10(11)6-9/h4-5,9-11,16H,3,6-8H2,1-2H3,(H,14,15). The minimum absolute atomic E-state index is 0.116. The van der Waals surface area contributed by atoms with Gasteiger partial charge >= 0.3 is 0 Å². The van der Waals surface area contributed by atoms with Crippen molar-refractivity contribution in [3.05, 3.63) is 12.2 Å². The maximum atomic E-state index is 11.9. The van der Waals surface area contributed by atoms with E-state index in [-0.39, 0.29) is 11.8 Å². The van der Waals surface area contributed by atoms with Crippen molar-refractivity contribution >= 4 is 5.91 Å². The molecule has 0 heterocycles. The van der Waals surface area contributed by atoms with Gasteiger partial charge in [-0.05, 0) is 38.0 Å². The van der Waals surface area contributed by atoms with Crippen LogP contribution in [0.15, 0.2) is 12.2 Å².